The molecule has 1 atom stereocenters. The SMILES string of the molecule is Cc1ccc(C(=O)CC2(O)C(=O)N(Cc3ccc4ccccc4c3)c3ccccc32)c(C)c1. The molecular weight excluding hydrogens is 410 g/mol. The fourth-order valence-electron chi connectivity index (χ4n) is 4.81. The zero-order valence-corrected chi connectivity index (χ0v) is 18.7. The topological polar surface area (TPSA) is 57.6 Å². The summed E-state index contributed by atoms with van der Waals surface area (Å²) in [5, 5.41) is 13.8. The third kappa shape index (κ3) is 3.62. The third-order valence-corrected chi connectivity index (χ3v) is 6.49. The van der Waals surface area contributed by atoms with Gasteiger partial charge in [0.15, 0.2) is 11.4 Å². The molecule has 1 aliphatic heterocycles. The largest absolute Gasteiger partial charge is 0.375 e. The van der Waals surface area contributed by atoms with Crippen molar-refractivity contribution in [3.8, 4) is 0 Å². The average molecular weight is 436 g/mol. The van der Waals surface area contributed by atoms with Crippen LogP contribution in [0.15, 0.2) is 84.9 Å². The van der Waals surface area contributed by atoms with E-state index in [0.29, 0.717) is 23.4 Å². The summed E-state index contributed by atoms with van der Waals surface area (Å²) >= 11 is 0. The van der Waals surface area contributed by atoms with Crippen molar-refractivity contribution in [2.45, 2.75) is 32.4 Å². The smallest absolute Gasteiger partial charge is 0.264 e. The van der Waals surface area contributed by atoms with E-state index in [9.17, 15) is 14.7 Å². The fourth-order valence-corrected chi connectivity index (χ4v) is 4.81. The number of ketones is 1. The lowest BCUT2D eigenvalue weighted by Gasteiger charge is -2.23. The number of nitrogens with zero attached hydrogens (tertiary/aromatic N) is 1. The number of para-hydroxylation sites is 1. The van der Waals surface area contributed by atoms with Gasteiger partial charge in [-0.3, -0.25) is 9.59 Å². The second-order valence-corrected chi connectivity index (χ2v) is 8.87. The number of anilines is 1. The first-order valence-corrected chi connectivity index (χ1v) is 11.1. The summed E-state index contributed by atoms with van der Waals surface area (Å²) in [6, 6.07) is 26.9. The Morgan fingerprint density at radius 2 is 1.61 bits per heavy atom. The van der Waals surface area contributed by atoms with Crippen LogP contribution in [0, 0.1) is 13.8 Å². The Hall–Kier alpha value is -3.76. The van der Waals surface area contributed by atoms with Crippen LogP contribution in [0.4, 0.5) is 5.69 Å². The van der Waals surface area contributed by atoms with Crippen LogP contribution in [0.5, 0.6) is 0 Å². The number of hydrogen-bond donors (Lipinski definition) is 1. The van der Waals surface area contributed by atoms with Gasteiger partial charge in [-0.05, 0) is 47.9 Å². The van der Waals surface area contributed by atoms with Crippen molar-refractivity contribution in [2.75, 3.05) is 4.90 Å². The first-order chi connectivity index (χ1) is 15.9. The molecule has 1 N–H and O–H groups in total. The Morgan fingerprint density at radius 1 is 0.879 bits per heavy atom. The zero-order chi connectivity index (χ0) is 23.2. The summed E-state index contributed by atoms with van der Waals surface area (Å²) in [5.74, 6) is -0.708. The quantitative estimate of drug-likeness (QED) is 0.423. The van der Waals surface area contributed by atoms with Crippen molar-refractivity contribution < 1.29 is 14.7 Å². The van der Waals surface area contributed by atoms with Crippen LogP contribution in [-0.4, -0.2) is 16.8 Å². The van der Waals surface area contributed by atoms with Crippen molar-refractivity contribution in [3.63, 3.8) is 0 Å². The lowest BCUT2D eigenvalue weighted by Crippen LogP contribution is -2.41. The molecular formula is C29H25NO3. The molecule has 0 saturated heterocycles. The molecule has 0 aromatic heterocycles. The average Bonchev–Trinajstić information content (AvgIpc) is 3.01. The van der Waals surface area contributed by atoms with Gasteiger partial charge in [-0.1, -0.05) is 78.4 Å². The van der Waals surface area contributed by atoms with E-state index < -0.39 is 11.5 Å². The number of fused-ring (bicyclic) bond motifs is 2. The first kappa shape index (κ1) is 21.1. The van der Waals surface area contributed by atoms with Crippen LogP contribution in [0.25, 0.3) is 10.8 Å². The molecule has 1 amide bonds. The number of hydrogen-bond acceptors (Lipinski definition) is 3. The van der Waals surface area contributed by atoms with Crippen LogP contribution in [0.1, 0.15) is 39.0 Å². The minimum Gasteiger partial charge on any atom is -0.375 e. The Bertz CT molecular complexity index is 1410. The van der Waals surface area contributed by atoms with E-state index in [-0.39, 0.29) is 12.2 Å². The van der Waals surface area contributed by atoms with Gasteiger partial charge in [-0.15, -0.1) is 0 Å². The number of Topliss-reactive ketones (excluding diaryl/α,β-unsaturated/α-hetero) is 1. The molecule has 164 valence electrons. The van der Waals surface area contributed by atoms with E-state index in [1.54, 1.807) is 23.1 Å². The maximum atomic E-state index is 13.6. The second-order valence-electron chi connectivity index (χ2n) is 8.87. The Balaban J connectivity index is 1.49. The summed E-state index contributed by atoms with van der Waals surface area (Å²) in [6.07, 6.45) is -0.291. The van der Waals surface area contributed by atoms with Crippen LogP contribution in [0.3, 0.4) is 0 Å². The van der Waals surface area contributed by atoms with E-state index in [1.165, 1.54) is 0 Å². The number of benzene rings is 4. The molecule has 1 heterocycles. The fraction of sp³-hybridized carbons (Fsp3) is 0.172. The highest BCUT2D eigenvalue weighted by atomic mass is 16.3. The monoisotopic (exact) mass is 435 g/mol. The van der Waals surface area contributed by atoms with Gasteiger partial charge in [0.1, 0.15) is 0 Å². The molecule has 0 bridgehead atoms. The molecule has 33 heavy (non-hydrogen) atoms. The predicted octanol–water partition coefficient (Wildman–Crippen LogP) is 5.46. The minimum atomic E-state index is -1.89. The van der Waals surface area contributed by atoms with Gasteiger partial charge in [0.05, 0.1) is 18.7 Å². The molecule has 0 radical (unpaired) electrons. The maximum Gasteiger partial charge on any atom is 0.264 e. The number of carbonyl (C=O) groups excluding carboxylic acids is 2. The summed E-state index contributed by atoms with van der Waals surface area (Å²) in [6.45, 7) is 4.16. The highest BCUT2D eigenvalue weighted by molar-refractivity contribution is 6.11. The predicted molar refractivity (Wildman–Crippen MR) is 130 cm³/mol. The summed E-state index contributed by atoms with van der Waals surface area (Å²) in [5.41, 5.74) is 2.64. The zero-order valence-electron chi connectivity index (χ0n) is 18.7. The molecule has 1 unspecified atom stereocenters. The number of amides is 1. The Morgan fingerprint density at radius 3 is 2.39 bits per heavy atom. The molecule has 5 rings (SSSR count). The van der Waals surface area contributed by atoms with Crippen LogP contribution < -0.4 is 4.90 Å². The van der Waals surface area contributed by atoms with E-state index in [1.807, 2.05) is 74.5 Å². The Kier molecular flexibility index (Phi) is 5.10. The Labute approximate surface area is 193 Å². The van der Waals surface area contributed by atoms with Crippen LogP contribution in [0.2, 0.25) is 0 Å². The third-order valence-electron chi connectivity index (χ3n) is 6.49. The van der Waals surface area contributed by atoms with Crippen molar-refractivity contribution in [3.05, 3.63) is 113 Å². The van der Waals surface area contributed by atoms with E-state index in [4.69, 9.17) is 0 Å². The molecule has 4 heteroatoms. The van der Waals surface area contributed by atoms with Gasteiger partial charge < -0.3 is 10.0 Å². The van der Waals surface area contributed by atoms with Gasteiger partial charge in [0, 0.05) is 11.1 Å². The van der Waals surface area contributed by atoms with Crippen molar-refractivity contribution in [2.24, 2.45) is 0 Å². The number of carbonyl (C=O) groups is 2. The van der Waals surface area contributed by atoms with Crippen molar-refractivity contribution >= 4 is 28.2 Å². The van der Waals surface area contributed by atoms with E-state index in [2.05, 4.69) is 6.07 Å². The molecule has 0 fully saturated rings. The van der Waals surface area contributed by atoms with Gasteiger partial charge in [-0.2, -0.15) is 0 Å². The summed E-state index contributed by atoms with van der Waals surface area (Å²) in [7, 11) is 0. The molecule has 0 aliphatic carbocycles. The lowest BCUT2D eigenvalue weighted by molar-refractivity contribution is -0.136. The molecule has 4 aromatic rings. The number of aryl methyl sites for hydroxylation is 2. The van der Waals surface area contributed by atoms with Gasteiger partial charge in [0.25, 0.3) is 5.91 Å². The van der Waals surface area contributed by atoms with Crippen molar-refractivity contribution in [1.82, 2.24) is 0 Å². The summed E-state index contributed by atoms with van der Waals surface area (Å²) < 4.78 is 0. The summed E-state index contributed by atoms with van der Waals surface area (Å²) in [4.78, 5) is 28.3. The van der Waals surface area contributed by atoms with Gasteiger partial charge >= 0.3 is 0 Å². The number of rotatable bonds is 5. The van der Waals surface area contributed by atoms with E-state index >= 15 is 0 Å². The van der Waals surface area contributed by atoms with Crippen molar-refractivity contribution in [1.29, 1.82) is 0 Å². The normalized spacial score (nSPS) is 17.4. The molecule has 1 aliphatic rings. The van der Waals surface area contributed by atoms with Crippen LogP contribution >= 0.6 is 0 Å². The number of aliphatic hydroxyl groups is 1. The molecule has 4 nitrogen and oxygen atoms in total. The molecule has 0 saturated carbocycles. The minimum absolute atomic E-state index is 0.245. The standard InChI is InChI=1S/C29H25NO3/c1-19-11-14-24(20(2)15-19)27(31)17-29(33)25-9-5-6-10-26(25)30(28(29)32)18-21-12-13-22-7-3-4-8-23(22)16-21/h3-16,33H,17-18H2,1-2H3. The van der Waals surface area contributed by atoms with Gasteiger partial charge in [-0.25, -0.2) is 0 Å². The highest BCUT2D eigenvalue weighted by Gasteiger charge is 2.50. The molecule has 4 aromatic carbocycles. The van der Waals surface area contributed by atoms with Crippen LogP contribution in [-0.2, 0) is 16.9 Å². The van der Waals surface area contributed by atoms with E-state index in [0.717, 1.165) is 27.5 Å². The lowest BCUT2D eigenvalue weighted by atomic mass is 9.87. The molecule has 0 spiro atoms. The maximum absolute atomic E-state index is 13.6. The highest BCUT2D eigenvalue weighted by Crippen LogP contribution is 2.43. The van der Waals surface area contributed by atoms with Gasteiger partial charge in [0.2, 0.25) is 0 Å². The second kappa shape index (κ2) is 7.98. The first-order valence-electron chi connectivity index (χ1n) is 11.1.